The van der Waals surface area contributed by atoms with Crippen LogP contribution in [0.1, 0.15) is 0 Å². The van der Waals surface area contributed by atoms with Gasteiger partial charge in [0.05, 0.1) is 5.69 Å². The van der Waals surface area contributed by atoms with Gasteiger partial charge in [0.15, 0.2) is 0 Å². The molecule has 0 bridgehead atoms. The van der Waals surface area contributed by atoms with Gasteiger partial charge in [-0.2, -0.15) is 0 Å². The summed E-state index contributed by atoms with van der Waals surface area (Å²) in [6, 6.07) is 80.9. The molecule has 0 aliphatic heterocycles. The third-order valence-corrected chi connectivity index (χ3v) is 10.1. The topological polar surface area (TPSA) is 3.24 Å². The van der Waals surface area contributed by atoms with Gasteiger partial charge in [0.1, 0.15) is 0 Å². The lowest BCUT2D eigenvalue weighted by molar-refractivity contribution is 1.28. The van der Waals surface area contributed by atoms with Crippen LogP contribution >= 0.6 is 0 Å². The molecule has 250 valence electrons. The van der Waals surface area contributed by atoms with Crippen molar-refractivity contribution in [1.82, 2.24) is 0 Å². The molecule has 9 aromatic carbocycles. The number of benzene rings is 9. The van der Waals surface area contributed by atoms with Crippen molar-refractivity contribution in [2.45, 2.75) is 0 Å². The first-order valence-electron chi connectivity index (χ1n) is 18.2. The zero-order valence-corrected chi connectivity index (χ0v) is 29.3. The van der Waals surface area contributed by atoms with Crippen LogP contribution in [0.5, 0.6) is 0 Å². The van der Waals surface area contributed by atoms with Crippen LogP contribution in [0.2, 0.25) is 0 Å². The quantitative estimate of drug-likeness (QED) is 0.155. The van der Waals surface area contributed by atoms with Gasteiger partial charge in [-0.05, 0) is 97.2 Å². The Hall–Kier alpha value is -6.96. The number of hydrogen-bond donors (Lipinski definition) is 0. The Morgan fingerprint density at radius 1 is 0.245 bits per heavy atom. The molecule has 0 unspecified atom stereocenters. The molecule has 0 amide bonds. The molecule has 0 radical (unpaired) electrons. The first-order chi connectivity index (χ1) is 26.3. The van der Waals surface area contributed by atoms with Crippen LogP contribution in [0, 0.1) is 0 Å². The van der Waals surface area contributed by atoms with Crippen molar-refractivity contribution in [3.05, 3.63) is 224 Å². The Kier molecular flexibility index (Phi) is 8.66. The molecule has 9 aromatic rings. The fourth-order valence-corrected chi connectivity index (χ4v) is 7.40. The Bertz CT molecular complexity index is 2620. The maximum absolute atomic E-state index is 2.42. The van der Waals surface area contributed by atoms with Gasteiger partial charge in [0.2, 0.25) is 0 Å². The Balaban J connectivity index is 1.23. The van der Waals surface area contributed by atoms with Crippen molar-refractivity contribution >= 4 is 27.8 Å². The predicted octanol–water partition coefficient (Wildman–Crippen LogP) is 14.6. The fourth-order valence-electron chi connectivity index (χ4n) is 7.40. The molecule has 1 heteroatoms. The molecular weight excluding hydrogens is 639 g/mol. The third-order valence-electron chi connectivity index (χ3n) is 10.1. The van der Waals surface area contributed by atoms with E-state index in [0.29, 0.717) is 0 Å². The van der Waals surface area contributed by atoms with Crippen LogP contribution in [0.15, 0.2) is 224 Å². The van der Waals surface area contributed by atoms with E-state index in [2.05, 4.69) is 229 Å². The van der Waals surface area contributed by atoms with Gasteiger partial charge < -0.3 is 4.90 Å². The highest BCUT2D eigenvalue weighted by molar-refractivity contribution is 5.97. The van der Waals surface area contributed by atoms with E-state index in [9.17, 15) is 0 Å². The molecule has 0 saturated carbocycles. The number of hydrogen-bond acceptors (Lipinski definition) is 1. The molecule has 0 atom stereocenters. The van der Waals surface area contributed by atoms with E-state index in [1.807, 2.05) is 0 Å². The van der Waals surface area contributed by atoms with Crippen molar-refractivity contribution in [2.24, 2.45) is 0 Å². The summed E-state index contributed by atoms with van der Waals surface area (Å²) < 4.78 is 0. The van der Waals surface area contributed by atoms with E-state index in [4.69, 9.17) is 0 Å². The van der Waals surface area contributed by atoms with E-state index in [1.165, 1.54) is 60.8 Å². The Labute approximate surface area is 311 Å². The molecule has 9 rings (SSSR count). The van der Waals surface area contributed by atoms with Gasteiger partial charge in [-0.15, -0.1) is 0 Å². The van der Waals surface area contributed by atoms with Crippen molar-refractivity contribution in [2.75, 3.05) is 4.90 Å². The minimum Gasteiger partial charge on any atom is -0.310 e. The summed E-state index contributed by atoms with van der Waals surface area (Å²) in [6.07, 6.45) is 0. The maximum Gasteiger partial charge on any atom is 0.0546 e. The van der Waals surface area contributed by atoms with E-state index < -0.39 is 0 Å². The molecule has 0 aliphatic rings. The van der Waals surface area contributed by atoms with E-state index in [1.54, 1.807) is 0 Å². The minimum atomic E-state index is 1.09. The van der Waals surface area contributed by atoms with Crippen LogP contribution in [0.3, 0.4) is 0 Å². The van der Waals surface area contributed by atoms with E-state index in [0.717, 1.165) is 22.6 Å². The molecule has 0 aliphatic carbocycles. The molecule has 0 N–H and O–H groups in total. The summed E-state index contributed by atoms with van der Waals surface area (Å²) in [4.78, 5) is 2.42. The third kappa shape index (κ3) is 6.53. The number of nitrogens with zero attached hydrogens (tertiary/aromatic N) is 1. The summed E-state index contributed by atoms with van der Waals surface area (Å²) in [5, 5.41) is 2.50. The summed E-state index contributed by atoms with van der Waals surface area (Å²) in [6.45, 7) is 0. The van der Waals surface area contributed by atoms with Crippen LogP contribution in [-0.2, 0) is 0 Å². The summed E-state index contributed by atoms with van der Waals surface area (Å²) in [5.74, 6) is 0. The average Bonchev–Trinajstić information content (AvgIpc) is 3.25. The largest absolute Gasteiger partial charge is 0.310 e. The highest BCUT2D eigenvalue weighted by Gasteiger charge is 2.20. The second-order valence-electron chi connectivity index (χ2n) is 13.4. The van der Waals surface area contributed by atoms with Gasteiger partial charge in [-0.3, -0.25) is 0 Å². The molecule has 53 heavy (non-hydrogen) atoms. The summed E-state index contributed by atoms with van der Waals surface area (Å²) in [7, 11) is 0. The highest BCUT2D eigenvalue weighted by atomic mass is 15.1. The summed E-state index contributed by atoms with van der Waals surface area (Å²) >= 11 is 0. The number of rotatable bonds is 8. The van der Waals surface area contributed by atoms with Crippen molar-refractivity contribution < 1.29 is 0 Å². The molecule has 1 nitrogen and oxygen atoms in total. The fraction of sp³-hybridized carbons (Fsp3) is 0. The maximum atomic E-state index is 2.42. The first-order valence-corrected chi connectivity index (χ1v) is 18.2. The second-order valence-corrected chi connectivity index (χ2v) is 13.4. The SMILES string of the molecule is c1ccc(-c2ccc(N(c3ccc(-c4cccc5ccccc45)cc3)c3cc(-c4ccccc4)ccc3-c3cccc(-c4ccccc4)c3)cc2)cc1. The smallest absolute Gasteiger partial charge is 0.0546 e. The lowest BCUT2D eigenvalue weighted by atomic mass is 9.94. The zero-order valence-electron chi connectivity index (χ0n) is 29.3. The zero-order chi connectivity index (χ0) is 35.4. The van der Waals surface area contributed by atoms with Crippen LogP contribution in [0.4, 0.5) is 17.1 Å². The lowest BCUT2D eigenvalue weighted by Crippen LogP contribution is -2.11. The highest BCUT2D eigenvalue weighted by Crippen LogP contribution is 2.44. The molecule has 0 aromatic heterocycles. The van der Waals surface area contributed by atoms with Crippen LogP contribution in [-0.4, -0.2) is 0 Å². The normalized spacial score (nSPS) is 11.0. The lowest BCUT2D eigenvalue weighted by Gasteiger charge is -2.29. The molecule has 0 heterocycles. The monoisotopic (exact) mass is 675 g/mol. The molecule has 0 fully saturated rings. The van der Waals surface area contributed by atoms with E-state index in [-0.39, 0.29) is 0 Å². The van der Waals surface area contributed by atoms with Gasteiger partial charge in [-0.1, -0.05) is 188 Å². The summed E-state index contributed by atoms with van der Waals surface area (Å²) in [5.41, 5.74) is 15.2. The Morgan fingerprint density at radius 3 is 1.32 bits per heavy atom. The van der Waals surface area contributed by atoms with Gasteiger partial charge in [0, 0.05) is 16.9 Å². The first kappa shape index (κ1) is 32.0. The molecular formula is C52H37N. The number of fused-ring (bicyclic) bond motifs is 1. The minimum absolute atomic E-state index is 1.09. The number of anilines is 3. The van der Waals surface area contributed by atoms with Gasteiger partial charge in [-0.25, -0.2) is 0 Å². The van der Waals surface area contributed by atoms with Crippen molar-refractivity contribution in [1.29, 1.82) is 0 Å². The van der Waals surface area contributed by atoms with Crippen LogP contribution < -0.4 is 4.90 Å². The van der Waals surface area contributed by atoms with Gasteiger partial charge >= 0.3 is 0 Å². The van der Waals surface area contributed by atoms with Crippen molar-refractivity contribution in [3.8, 4) is 55.6 Å². The van der Waals surface area contributed by atoms with Crippen LogP contribution in [0.25, 0.3) is 66.4 Å². The average molecular weight is 676 g/mol. The van der Waals surface area contributed by atoms with Gasteiger partial charge in [0.25, 0.3) is 0 Å². The molecule has 0 spiro atoms. The standard InChI is InChI=1S/C52H37N/c1-4-14-38(15-5-1)41-26-31-47(32-27-41)53(48-33-28-43(29-34-48)50-25-13-21-42-20-10-11-24-49(42)50)52-37-45(40-18-8-3-9-19-40)30-35-51(52)46-23-12-22-44(36-46)39-16-6-2-7-17-39/h1-37H. The molecule has 0 saturated heterocycles. The predicted molar refractivity (Wildman–Crippen MR) is 226 cm³/mol. The Morgan fingerprint density at radius 2 is 0.679 bits per heavy atom. The van der Waals surface area contributed by atoms with E-state index >= 15 is 0 Å². The second kappa shape index (κ2) is 14.3. The van der Waals surface area contributed by atoms with Crippen molar-refractivity contribution in [3.63, 3.8) is 0 Å².